The number of hydrogen-bond acceptors (Lipinski definition) is 8. The first-order chi connectivity index (χ1) is 9.82. The molecule has 117 valence electrons. The van der Waals surface area contributed by atoms with E-state index in [-0.39, 0.29) is 25.9 Å². The van der Waals surface area contributed by atoms with Crippen LogP contribution in [-0.2, 0) is 19.2 Å². The molecule has 1 fully saturated rings. The first-order valence-electron chi connectivity index (χ1n) is 6.56. The minimum Gasteiger partial charge on any atom is -0.544 e. The highest BCUT2D eigenvalue weighted by Crippen LogP contribution is 2.13. The predicted molar refractivity (Wildman–Crippen MR) is 60.1 cm³/mol. The maximum atomic E-state index is 10.9. The molecule has 0 saturated carbocycles. The zero-order valence-electron chi connectivity index (χ0n) is 11.3. The number of nitrogens with two attached hydrogens (primary N) is 1. The van der Waals surface area contributed by atoms with E-state index < -0.39 is 35.8 Å². The number of ketones is 1. The van der Waals surface area contributed by atoms with Crippen molar-refractivity contribution in [3.05, 3.63) is 0 Å². The van der Waals surface area contributed by atoms with E-state index in [0.29, 0.717) is 13.0 Å². The van der Waals surface area contributed by atoms with Crippen LogP contribution >= 0.6 is 0 Å². The Morgan fingerprint density at radius 3 is 2.29 bits per heavy atom. The standard InChI is InChI=1S/C12H18N2O7/c15-9(12(20)21)1-4-13-7(10(16)17)2-5-14-6-3-8(14)11(18)19/h7-8,13H,1-6H2,(H,16,17)(H,18,19)(H,20,21)/q+1/p-2. The van der Waals surface area contributed by atoms with Crippen LogP contribution in [0.5, 0.6) is 0 Å². The molecule has 9 heteroatoms. The lowest BCUT2D eigenvalue weighted by atomic mass is 10.0. The molecule has 0 bridgehead atoms. The molecule has 2 N–H and O–H groups in total. The Morgan fingerprint density at radius 2 is 1.86 bits per heavy atom. The third kappa shape index (κ3) is 5.12. The minimum absolute atomic E-state index is 0.0185. The van der Waals surface area contributed by atoms with E-state index >= 15 is 0 Å². The number of aliphatic carboxylic acids is 3. The Labute approximate surface area is 120 Å². The van der Waals surface area contributed by atoms with E-state index in [1.165, 1.54) is 5.32 Å². The summed E-state index contributed by atoms with van der Waals surface area (Å²) in [6.45, 7) is 0.791. The molecule has 9 nitrogen and oxygen atoms in total. The van der Waals surface area contributed by atoms with E-state index in [1.54, 1.807) is 4.90 Å². The van der Waals surface area contributed by atoms with Gasteiger partial charge in [0.25, 0.3) is 0 Å². The molecule has 0 aromatic heterocycles. The summed E-state index contributed by atoms with van der Waals surface area (Å²) in [6.07, 6.45) is 0.269. The van der Waals surface area contributed by atoms with Crippen molar-refractivity contribution < 1.29 is 39.8 Å². The van der Waals surface area contributed by atoms with Gasteiger partial charge < -0.3 is 35.0 Å². The summed E-state index contributed by atoms with van der Waals surface area (Å²) in [4.78, 5) is 44.2. The van der Waals surface area contributed by atoms with Crippen LogP contribution in [0.4, 0.5) is 0 Å². The predicted octanol–water partition coefficient (Wildman–Crippen LogP) is -6.57. The maximum Gasteiger partial charge on any atom is 0.183 e. The van der Waals surface area contributed by atoms with E-state index in [2.05, 4.69) is 0 Å². The highest BCUT2D eigenvalue weighted by molar-refractivity contribution is 6.31. The molecule has 1 rings (SSSR count). The number of likely N-dealkylation sites (tertiary alicyclic amines) is 1. The van der Waals surface area contributed by atoms with Crippen molar-refractivity contribution in [2.75, 3.05) is 19.6 Å². The first kappa shape index (κ1) is 17.1. The van der Waals surface area contributed by atoms with Crippen LogP contribution in [0.25, 0.3) is 0 Å². The summed E-state index contributed by atoms with van der Waals surface area (Å²) in [5, 5.41) is 33.1. The van der Waals surface area contributed by atoms with Crippen molar-refractivity contribution in [1.29, 1.82) is 0 Å². The number of Topliss-reactive ketones (excluding diaryl/α,β-unsaturated/α-hetero) is 1. The molecule has 1 radical (unpaired) electrons. The van der Waals surface area contributed by atoms with Crippen LogP contribution in [0, 0.1) is 0 Å². The summed E-state index contributed by atoms with van der Waals surface area (Å²) in [7, 11) is 0. The number of carbonyl (C=O) groups is 4. The Bertz CT molecular complexity index is 437. The summed E-state index contributed by atoms with van der Waals surface area (Å²) in [6, 6.07) is -1.66. The van der Waals surface area contributed by atoms with Crippen molar-refractivity contribution >= 4 is 23.7 Å². The van der Waals surface area contributed by atoms with Crippen molar-refractivity contribution in [2.24, 2.45) is 0 Å². The average molecular weight is 300 g/mol. The van der Waals surface area contributed by atoms with Crippen LogP contribution in [0.2, 0.25) is 0 Å². The summed E-state index contributed by atoms with van der Waals surface area (Å²) >= 11 is 0. The molecule has 0 amide bonds. The van der Waals surface area contributed by atoms with Crippen molar-refractivity contribution in [1.82, 2.24) is 4.90 Å². The van der Waals surface area contributed by atoms with Gasteiger partial charge in [-0.25, -0.2) is 0 Å². The largest absolute Gasteiger partial charge is 0.544 e. The first-order valence-corrected chi connectivity index (χ1v) is 6.56. The summed E-state index contributed by atoms with van der Waals surface area (Å²) in [5.74, 6) is -5.43. The molecule has 1 aliphatic rings. The average Bonchev–Trinajstić information content (AvgIpc) is 2.34. The van der Waals surface area contributed by atoms with Gasteiger partial charge in [0, 0.05) is 0 Å². The van der Waals surface area contributed by atoms with Gasteiger partial charge >= 0.3 is 0 Å². The number of quaternary nitrogens is 1. The third-order valence-electron chi connectivity index (χ3n) is 3.48. The fourth-order valence-corrected chi connectivity index (χ4v) is 2.13. The van der Waals surface area contributed by atoms with E-state index in [4.69, 9.17) is 0 Å². The molecule has 21 heavy (non-hydrogen) atoms. The second-order valence-electron chi connectivity index (χ2n) is 4.86. The molecular formula is C12H16N2O7-. The zero-order valence-corrected chi connectivity index (χ0v) is 11.3. The lowest BCUT2D eigenvalue weighted by Crippen LogP contribution is -2.93. The topological polar surface area (TPSA) is 160 Å². The lowest BCUT2D eigenvalue weighted by Gasteiger charge is -2.31. The SMILES string of the molecule is O=C([O-])C(=O)CC[NH2+]C(CC[N+]1CCC1C(=O)[O-])C(=O)[O-]. The molecule has 1 heterocycles. The molecule has 2 unspecified atom stereocenters. The third-order valence-corrected chi connectivity index (χ3v) is 3.48. The fourth-order valence-electron chi connectivity index (χ4n) is 2.13. The second kappa shape index (κ2) is 7.70. The molecule has 0 aliphatic carbocycles. The van der Waals surface area contributed by atoms with Gasteiger partial charge in [0.15, 0.2) is 11.8 Å². The zero-order chi connectivity index (χ0) is 16.0. The monoisotopic (exact) mass is 300 g/mol. The second-order valence-corrected chi connectivity index (χ2v) is 4.86. The van der Waals surface area contributed by atoms with Crippen molar-refractivity contribution in [3.63, 3.8) is 0 Å². The normalized spacial score (nSPS) is 19.5. The van der Waals surface area contributed by atoms with Gasteiger partial charge in [-0.1, -0.05) is 0 Å². The Morgan fingerprint density at radius 1 is 1.19 bits per heavy atom. The van der Waals surface area contributed by atoms with Gasteiger partial charge in [0.2, 0.25) is 0 Å². The molecule has 0 spiro atoms. The van der Waals surface area contributed by atoms with Gasteiger partial charge in [-0.15, -0.1) is 0 Å². The lowest BCUT2D eigenvalue weighted by molar-refractivity contribution is -0.682. The number of carboxylic acid groups (broad SMARTS) is 3. The van der Waals surface area contributed by atoms with Crippen LogP contribution in [0.1, 0.15) is 19.3 Å². The van der Waals surface area contributed by atoms with Gasteiger partial charge in [-0.2, -0.15) is 4.90 Å². The van der Waals surface area contributed by atoms with Crippen LogP contribution in [0.15, 0.2) is 0 Å². The van der Waals surface area contributed by atoms with E-state index in [1.807, 2.05) is 0 Å². The molecule has 0 aromatic carbocycles. The van der Waals surface area contributed by atoms with Gasteiger partial charge in [0.05, 0.1) is 31.8 Å². The van der Waals surface area contributed by atoms with E-state index in [9.17, 15) is 34.5 Å². The summed E-state index contributed by atoms with van der Waals surface area (Å²) < 4.78 is 0. The Hall–Kier alpha value is -2.00. The van der Waals surface area contributed by atoms with Crippen molar-refractivity contribution in [3.8, 4) is 0 Å². The number of hydrogen-bond donors (Lipinski definition) is 1. The number of rotatable bonds is 10. The summed E-state index contributed by atoms with van der Waals surface area (Å²) in [5.41, 5.74) is 0. The van der Waals surface area contributed by atoms with Crippen LogP contribution < -0.4 is 25.5 Å². The molecule has 1 aliphatic heterocycles. The van der Waals surface area contributed by atoms with E-state index in [0.717, 1.165) is 0 Å². The maximum absolute atomic E-state index is 10.9. The number of carbonyl (C=O) groups excluding carboxylic acids is 4. The fraction of sp³-hybridized carbons (Fsp3) is 0.667. The highest BCUT2D eigenvalue weighted by Gasteiger charge is 2.39. The molecular weight excluding hydrogens is 284 g/mol. The van der Waals surface area contributed by atoms with Gasteiger partial charge in [-0.3, -0.25) is 4.79 Å². The molecule has 1 saturated heterocycles. The Kier molecular flexibility index (Phi) is 6.25. The molecule has 2 atom stereocenters. The van der Waals surface area contributed by atoms with Gasteiger partial charge in [-0.05, 0) is 0 Å². The smallest absolute Gasteiger partial charge is 0.183 e. The number of nitrogens with zero attached hydrogens (tertiary/aromatic N) is 1. The van der Waals surface area contributed by atoms with Gasteiger partial charge in [0.1, 0.15) is 31.1 Å². The number of carboxylic acids is 3. The van der Waals surface area contributed by atoms with Crippen LogP contribution in [0.3, 0.4) is 0 Å². The Balaban J connectivity index is 2.34. The van der Waals surface area contributed by atoms with Crippen LogP contribution in [-0.4, -0.2) is 55.4 Å². The highest BCUT2D eigenvalue weighted by atomic mass is 16.4. The quantitative estimate of drug-likeness (QED) is 0.310. The molecule has 0 aromatic rings. The minimum atomic E-state index is -1.80. The van der Waals surface area contributed by atoms with Crippen molar-refractivity contribution in [2.45, 2.75) is 31.3 Å².